The summed E-state index contributed by atoms with van der Waals surface area (Å²) in [7, 11) is 0. The molecule has 0 N–H and O–H groups in total. The normalized spacial score (nSPS) is 14.3. The number of carbonyl (C=O) groups excluding carboxylic acids is 1. The third-order valence-corrected chi connectivity index (χ3v) is 5.99. The van der Waals surface area contributed by atoms with Crippen LogP contribution in [0, 0.1) is 15.9 Å². The summed E-state index contributed by atoms with van der Waals surface area (Å²) < 4.78 is 20.1. The van der Waals surface area contributed by atoms with Gasteiger partial charge in [0, 0.05) is 61.1 Å². The number of piperazine rings is 1. The van der Waals surface area contributed by atoms with E-state index < -0.39 is 10.7 Å². The maximum atomic E-state index is 13.4. The molecule has 0 aliphatic carbocycles. The number of halogens is 3. The van der Waals surface area contributed by atoms with Gasteiger partial charge in [-0.05, 0) is 29.8 Å². The van der Waals surface area contributed by atoms with E-state index in [0.29, 0.717) is 42.8 Å². The number of hydrogen-bond acceptors (Lipinski definition) is 6. The van der Waals surface area contributed by atoms with E-state index in [9.17, 15) is 19.3 Å². The molecule has 9 nitrogen and oxygen atoms in total. The standard InChI is InChI=1S/C22H20Cl2FN5O4/c23-16-2-1-15(18(24)11-16)13-27-7-9-28(10-8-27)22(31)19-5-6-29(26-19)14-34-21-12-17(25)3-4-20(21)30(32)33/h1-6,11-12H,7-10,13-14H2. The van der Waals surface area contributed by atoms with Crippen molar-refractivity contribution in [2.45, 2.75) is 13.3 Å². The molecule has 1 amide bonds. The summed E-state index contributed by atoms with van der Waals surface area (Å²) in [5.74, 6) is -1.10. The monoisotopic (exact) mass is 507 g/mol. The lowest BCUT2D eigenvalue weighted by Gasteiger charge is -2.34. The second kappa shape index (κ2) is 10.4. The lowest BCUT2D eigenvalue weighted by Crippen LogP contribution is -2.48. The van der Waals surface area contributed by atoms with Crippen LogP contribution in [0.2, 0.25) is 10.0 Å². The Balaban J connectivity index is 1.32. The first-order chi connectivity index (χ1) is 16.3. The molecule has 4 rings (SSSR count). The number of aromatic nitrogens is 2. The summed E-state index contributed by atoms with van der Waals surface area (Å²) in [6, 6.07) is 9.91. The Morgan fingerprint density at radius 3 is 2.59 bits per heavy atom. The highest BCUT2D eigenvalue weighted by atomic mass is 35.5. The van der Waals surface area contributed by atoms with Crippen molar-refractivity contribution in [3.8, 4) is 5.75 Å². The number of nitro benzene ring substituents is 1. The summed E-state index contributed by atoms with van der Waals surface area (Å²) in [6.07, 6.45) is 1.52. The van der Waals surface area contributed by atoms with E-state index in [-0.39, 0.29) is 29.8 Å². The number of rotatable bonds is 7. The molecule has 0 saturated carbocycles. The van der Waals surface area contributed by atoms with Crippen LogP contribution in [-0.4, -0.2) is 56.6 Å². The van der Waals surface area contributed by atoms with Crippen molar-refractivity contribution in [3.63, 3.8) is 0 Å². The molecule has 178 valence electrons. The Morgan fingerprint density at radius 1 is 1.12 bits per heavy atom. The number of hydrogen-bond donors (Lipinski definition) is 0. The molecule has 2 aromatic carbocycles. The van der Waals surface area contributed by atoms with Gasteiger partial charge in [0.1, 0.15) is 5.82 Å². The predicted octanol–water partition coefficient (Wildman–Crippen LogP) is 4.23. The van der Waals surface area contributed by atoms with E-state index in [1.807, 2.05) is 6.07 Å². The van der Waals surface area contributed by atoms with Crippen LogP contribution in [0.3, 0.4) is 0 Å². The van der Waals surface area contributed by atoms with Crippen molar-refractivity contribution in [1.29, 1.82) is 0 Å². The van der Waals surface area contributed by atoms with E-state index in [2.05, 4.69) is 10.00 Å². The van der Waals surface area contributed by atoms with Gasteiger partial charge in [0.15, 0.2) is 12.4 Å². The summed E-state index contributed by atoms with van der Waals surface area (Å²) in [6.45, 7) is 2.87. The van der Waals surface area contributed by atoms with Crippen LogP contribution in [0.4, 0.5) is 10.1 Å². The van der Waals surface area contributed by atoms with Gasteiger partial charge in [-0.2, -0.15) is 5.10 Å². The van der Waals surface area contributed by atoms with Gasteiger partial charge in [0.2, 0.25) is 5.75 Å². The molecular formula is C22H20Cl2FN5O4. The molecule has 0 radical (unpaired) electrons. The average molecular weight is 508 g/mol. The number of nitrogens with zero attached hydrogens (tertiary/aromatic N) is 5. The molecule has 34 heavy (non-hydrogen) atoms. The maximum Gasteiger partial charge on any atom is 0.311 e. The summed E-state index contributed by atoms with van der Waals surface area (Å²) >= 11 is 12.2. The van der Waals surface area contributed by atoms with E-state index in [0.717, 1.165) is 23.8 Å². The third-order valence-electron chi connectivity index (χ3n) is 5.40. The molecule has 0 bridgehead atoms. The highest BCUT2D eigenvalue weighted by Gasteiger charge is 2.24. The number of benzene rings is 2. The Bertz CT molecular complexity index is 1210. The van der Waals surface area contributed by atoms with Gasteiger partial charge in [-0.1, -0.05) is 29.3 Å². The van der Waals surface area contributed by atoms with E-state index in [1.54, 1.807) is 23.1 Å². The van der Waals surface area contributed by atoms with Gasteiger partial charge in [-0.25, -0.2) is 9.07 Å². The van der Waals surface area contributed by atoms with E-state index in [4.69, 9.17) is 27.9 Å². The minimum absolute atomic E-state index is 0.215. The SMILES string of the molecule is O=C(c1ccn(COc2cc(F)ccc2[N+](=O)[O-])n1)N1CCN(Cc2ccc(Cl)cc2Cl)CC1. The fourth-order valence-electron chi connectivity index (χ4n) is 3.60. The Morgan fingerprint density at radius 2 is 1.88 bits per heavy atom. The summed E-state index contributed by atoms with van der Waals surface area (Å²) in [5, 5.41) is 16.5. The number of amides is 1. The topological polar surface area (TPSA) is 93.7 Å². The van der Waals surface area contributed by atoms with Gasteiger partial charge in [0.05, 0.1) is 4.92 Å². The molecule has 0 unspecified atom stereocenters. The lowest BCUT2D eigenvalue weighted by molar-refractivity contribution is -0.386. The van der Waals surface area contributed by atoms with Crippen LogP contribution < -0.4 is 4.74 Å². The van der Waals surface area contributed by atoms with Gasteiger partial charge in [0.25, 0.3) is 5.91 Å². The minimum Gasteiger partial charge on any atom is -0.464 e. The van der Waals surface area contributed by atoms with Gasteiger partial charge in [-0.3, -0.25) is 19.8 Å². The fraction of sp³-hybridized carbons (Fsp3) is 0.273. The van der Waals surface area contributed by atoms with Crippen molar-refractivity contribution < 1.29 is 18.8 Å². The minimum atomic E-state index is -0.659. The maximum absolute atomic E-state index is 13.4. The molecule has 3 aromatic rings. The van der Waals surface area contributed by atoms with Crippen LogP contribution in [-0.2, 0) is 13.3 Å². The first kappa shape index (κ1) is 23.9. The van der Waals surface area contributed by atoms with Crippen molar-refractivity contribution in [3.05, 3.63) is 85.9 Å². The second-order valence-electron chi connectivity index (χ2n) is 7.69. The van der Waals surface area contributed by atoms with Crippen molar-refractivity contribution in [2.24, 2.45) is 0 Å². The van der Waals surface area contributed by atoms with Crippen molar-refractivity contribution >= 4 is 34.8 Å². The molecule has 1 aromatic heterocycles. The molecular weight excluding hydrogens is 488 g/mol. The van der Waals surface area contributed by atoms with Gasteiger partial charge in [-0.15, -0.1) is 0 Å². The van der Waals surface area contributed by atoms with Gasteiger partial charge < -0.3 is 9.64 Å². The first-order valence-electron chi connectivity index (χ1n) is 10.4. The van der Waals surface area contributed by atoms with Crippen molar-refractivity contribution in [1.82, 2.24) is 19.6 Å². The molecule has 1 fully saturated rings. The largest absolute Gasteiger partial charge is 0.464 e. The lowest BCUT2D eigenvalue weighted by atomic mass is 10.2. The number of ether oxygens (including phenoxy) is 1. The molecule has 0 atom stereocenters. The first-order valence-corrected chi connectivity index (χ1v) is 11.1. The zero-order valence-electron chi connectivity index (χ0n) is 17.9. The van der Waals surface area contributed by atoms with E-state index in [1.165, 1.54) is 10.9 Å². The number of nitro groups is 1. The van der Waals surface area contributed by atoms with Crippen LogP contribution in [0.25, 0.3) is 0 Å². The fourth-order valence-corrected chi connectivity index (χ4v) is 4.07. The van der Waals surface area contributed by atoms with E-state index >= 15 is 0 Å². The third kappa shape index (κ3) is 5.64. The van der Waals surface area contributed by atoms with Crippen LogP contribution in [0.15, 0.2) is 48.7 Å². The predicted molar refractivity (Wildman–Crippen MR) is 124 cm³/mol. The Hall–Kier alpha value is -3.21. The molecule has 0 spiro atoms. The summed E-state index contributed by atoms with van der Waals surface area (Å²) in [5.41, 5.74) is 0.845. The smallest absolute Gasteiger partial charge is 0.311 e. The second-order valence-corrected chi connectivity index (χ2v) is 8.53. The average Bonchev–Trinajstić information content (AvgIpc) is 3.28. The molecule has 1 aliphatic rings. The molecule has 1 aliphatic heterocycles. The van der Waals surface area contributed by atoms with Crippen molar-refractivity contribution in [2.75, 3.05) is 26.2 Å². The zero-order chi connectivity index (χ0) is 24.2. The highest BCUT2D eigenvalue weighted by molar-refractivity contribution is 6.35. The quantitative estimate of drug-likeness (QED) is 0.350. The zero-order valence-corrected chi connectivity index (χ0v) is 19.4. The highest BCUT2D eigenvalue weighted by Crippen LogP contribution is 2.27. The Labute approximate surface area is 204 Å². The van der Waals surface area contributed by atoms with Crippen LogP contribution in [0.5, 0.6) is 5.75 Å². The molecule has 12 heteroatoms. The van der Waals surface area contributed by atoms with Crippen LogP contribution >= 0.6 is 23.2 Å². The molecule has 2 heterocycles. The van der Waals surface area contributed by atoms with Crippen LogP contribution in [0.1, 0.15) is 16.1 Å². The summed E-state index contributed by atoms with van der Waals surface area (Å²) in [4.78, 5) is 27.2. The Kier molecular flexibility index (Phi) is 7.30. The molecule has 1 saturated heterocycles. The number of carbonyl (C=O) groups is 1. The van der Waals surface area contributed by atoms with Gasteiger partial charge >= 0.3 is 5.69 Å².